The smallest absolute Gasteiger partial charge is 1.00 e. The molecule has 0 aliphatic heterocycles. The molecule has 0 aliphatic carbocycles. The molecule has 0 heterocycles. The molecule has 0 aliphatic rings. The molecule has 0 amide bonds. The zero-order chi connectivity index (χ0) is 10.6. The minimum Gasteiger partial charge on any atom is -1.00 e. The zero-order valence-corrected chi connectivity index (χ0v) is 11.7. The maximum Gasteiger partial charge on any atom is 2.00 e. The van der Waals surface area contributed by atoms with Gasteiger partial charge in [0.05, 0.1) is 11.5 Å². The molecular formula is C10H14CaO3S. The third-order valence-electron chi connectivity index (χ3n) is 1.49. The van der Waals surface area contributed by atoms with Crippen LogP contribution in [-0.4, -0.2) is 52.8 Å². The molecule has 1 rings (SSSR count). The van der Waals surface area contributed by atoms with Crippen LogP contribution in [0.1, 0.15) is 9.78 Å². The molecule has 3 nitrogen and oxygen atoms in total. The molecule has 0 saturated carbocycles. The fraction of sp³-hybridized carbons (Fsp3) is 0.200. The molecule has 0 radical (unpaired) electrons. The average molecular weight is 254 g/mol. The molecule has 1 aromatic carbocycles. The van der Waals surface area contributed by atoms with Gasteiger partial charge in [0.25, 0.3) is 10.1 Å². The average Bonchev–Trinajstić information content (AvgIpc) is 2.16. The first-order valence-corrected chi connectivity index (χ1v) is 5.52. The Bertz CT molecular complexity index is 420. The van der Waals surface area contributed by atoms with E-state index in [1.54, 1.807) is 25.1 Å². The van der Waals surface area contributed by atoms with E-state index >= 15 is 0 Å². The summed E-state index contributed by atoms with van der Waals surface area (Å²) in [6, 6.07) is 8.04. The summed E-state index contributed by atoms with van der Waals surface area (Å²) in [7, 11) is -3.62. The van der Waals surface area contributed by atoms with Gasteiger partial charge in [-0.15, -0.1) is 0 Å². The molecule has 5 heteroatoms. The molecule has 0 bridgehead atoms. The second-order valence-corrected chi connectivity index (χ2v) is 4.60. The van der Waals surface area contributed by atoms with E-state index in [0.717, 1.165) is 0 Å². The zero-order valence-electron chi connectivity index (χ0n) is 10.6. The van der Waals surface area contributed by atoms with Crippen LogP contribution in [0.4, 0.5) is 0 Å². The van der Waals surface area contributed by atoms with Crippen LogP contribution >= 0.6 is 0 Å². The molecular weight excluding hydrogens is 240 g/mol. The van der Waals surface area contributed by atoms with Gasteiger partial charge in [0.2, 0.25) is 0 Å². The van der Waals surface area contributed by atoms with Crippen molar-refractivity contribution in [1.29, 1.82) is 0 Å². The van der Waals surface area contributed by atoms with Crippen molar-refractivity contribution in [3.63, 3.8) is 0 Å². The number of hydrogen-bond acceptors (Lipinski definition) is 3. The predicted octanol–water partition coefficient (Wildman–Crippen LogP) is 1.81. The van der Waals surface area contributed by atoms with Gasteiger partial charge in [0.1, 0.15) is 0 Å². The van der Waals surface area contributed by atoms with Crippen molar-refractivity contribution >= 4 is 47.9 Å². The van der Waals surface area contributed by atoms with E-state index in [1.165, 1.54) is 12.1 Å². The van der Waals surface area contributed by atoms with Crippen LogP contribution in [0.25, 0.3) is 0 Å². The van der Waals surface area contributed by atoms with Crippen LogP contribution in [0, 0.1) is 0 Å². The molecule has 0 aromatic heterocycles. The third-order valence-corrected chi connectivity index (χ3v) is 2.77. The van der Waals surface area contributed by atoms with Crippen LogP contribution in [-0.2, 0) is 14.3 Å². The summed E-state index contributed by atoms with van der Waals surface area (Å²) in [6.07, 6.45) is 0. The number of benzene rings is 1. The van der Waals surface area contributed by atoms with Crippen LogP contribution < -0.4 is 0 Å². The van der Waals surface area contributed by atoms with Crippen molar-refractivity contribution < 1.29 is 15.5 Å². The van der Waals surface area contributed by atoms with Crippen LogP contribution in [0.3, 0.4) is 0 Å². The van der Waals surface area contributed by atoms with Crippen molar-refractivity contribution in [2.24, 2.45) is 0 Å². The van der Waals surface area contributed by atoms with Gasteiger partial charge in [0.15, 0.2) is 0 Å². The summed E-state index contributed by atoms with van der Waals surface area (Å²) in [5.74, 6) is 0. The monoisotopic (exact) mass is 254 g/mol. The fourth-order valence-electron chi connectivity index (χ4n) is 0.833. The molecule has 0 fully saturated rings. The van der Waals surface area contributed by atoms with Gasteiger partial charge >= 0.3 is 37.7 Å². The maximum atomic E-state index is 11.5. The Morgan fingerprint density at radius 1 is 1.40 bits per heavy atom. The second-order valence-electron chi connectivity index (χ2n) is 2.99. The van der Waals surface area contributed by atoms with Crippen molar-refractivity contribution in [1.82, 2.24) is 0 Å². The molecule has 0 saturated heterocycles. The Labute approximate surface area is 123 Å². The van der Waals surface area contributed by atoms with Gasteiger partial charge in [0, 0.05) is 0 Å². The second kappa shape index (κ2) is 6.66. The Morgan fingerprint density at radius 3 is 2.40 bits per heavy atom. The van der Waals surface area contributed by atoms with Gasteiger partial charge in [-0.1, -0.05) is 30.4 Å². The van der Waals surface area contributed by atoms with Crippen molar-refractivity contribution in [3.8, 4) is 0 Å². The van der Waals surface area contributed by atoms with Crippen LogP contribution in [0.5, 0.6) is 0 Å². The van der Waals surface area contributed by atoms with E-state index in [0.29, 0.717) is 5.57 Å². The Kier molecular flexibility index (Phi) is 6.71. The third kappa shape index (κ3) is 5.13. The summed E-state index contributed by atoms with van der Waals surface area (Å²) < 4.78 is 27.7. The van der Waals surface area contributed by atoms with E-state index in [9.17, 15) is 8.42 Å². The first-order chi connectivity index (χ1) is 6.52. The largest absolute Gasteiger partial charge is 2.00 e. The van der Waals surface area contributed by atoms with E-state index in [1.807, 2.05) is 0 Å². The van der Waals surface area contributed by atoms with E-state index < -0.39 is 10.1 Å². The maximum absolute atomic E-state index is 11.5. The molecule has 1 aromatic rings. The SMILES string of the molecule is C=C(C)COS(=O)(=O)c1ccccc1.[Ca+2].[H-].[H-]. The minimum absolute atomic E-state index is 0. The molecule has 0 N–H and O–H groups in total. The summed E-state index contributed by atoms with van der Waals surface area (Å²) in [5.41, 5.74) is 0.671. The Morgan fingerprint density at radius 2 is 1.93 bits per heavy atom. The summed E-state index contributed by atoms with van der Waals surface area (Å²) >= 11 is 0. The first kappa shape index (κ1) is 15.1. The van der Waals surface area contributed by atoms with Crippen molar-refractivity contribution in [2.75, 3.05) is 6.61 Å². The summed E-state index contributed by atoms with van der Waals surface area (Å²) in [5, 5.41) is 0. The summed E-state index contributed by atoms with van der Waals surface area (Å²) in [4.78, 5) is 0.168. The predicted molar refractivity (Wildman–Crippen MR) is 62.4 cm³/mol. The van der Waals surface area contributed by atoms with Crippen molar-refractivity contribution in [3.05, 3.63) is 42.5 Å². The van der Waals surface area contributed by atoms with Crippen molar-refractivity contribution in [2.45, 2.75) is 11.8 Å². The standard InChI is InChI=1S/C10H12O3S.Ca.2H/c1-9(2)8-13-14(11,12)10-6-4-3-5-7-10;;;/h3-7H,1,8H2,2H3;;;/q;+2;2*-1. The quantitative estimate of drug-likeness (QED) is 0.467. The van der Waals surface area contributed by atoms with Gasteiger partial charge in [-0.25, -0.2) is 0 Å². The number of rotatable bonds is 4. The topological polar surface area (TPSA) is 43.4 Å². The molecule has 0 unspecified atom stereocenters. The summed E-state index contributed by atoms with van der Waals surface area (Å²) in [6.45, 7) is 5.30. The Hall–Kier alpha value is 0.130. The molecule has 80 valence electrons. The van der Waals surface area contributed by atoms with Gasteiger partial charge in [-0.05, 0) is 19.1 Å². The first-order valence-electron chi connectivity index (χ1n) is 4.11. The minimum atomic E-state index is -3.62. The van der Waals surface area contributed by atoms with E-state index in [2.05, 4.69) is 6.58 Å². The Balaban J connectivity index is -0.000000653. The number of hydrogen-bond donors (Lipinski definition) is 0. The van der Waals surface area contributed by atoms with Gasteiger partial charge in [-0.3, -0.25) is 4.18 Å². The van der Waals surface area contributed by atoms with Crippen LogP contribution in [0.15, 0.2) is 47.4 Å². The normalized spacial score (nSPS) is 10.5. The van der Waals surface area contributed by atoms with Gasteiger partial charge in [-0.2, -0.15) is 8.42 Å². The fourth-order valence-corrected chi connectivity index (χ4v) is 1.82. The molecule has 0 spiro atoms. The van der Waals surface area contributed by atoms with Gasteiger partial charge < -0.3 is 2.85 Å². The molecule has 15 heavy (non-hydrogen) atoms. The van der Waals surface area contributed by atoms with E-state index in [-0.39, 0.29) is 52.1 Å². The molecule has 0 atom stereocenters. The van der Waals surface area contributed by atoms with Crippen LogP contribution in [0.2, 0.25) is 0 Å². The van der Waals surface area contributed by atoms with E-state index in [4.69, 9.17) is 4.18 Å².